The van der Waals surface area contributed by atoms with Gasteiger partial charge in [0.25, 0.3) is 0 Å². The van der Waals surface area contributed by atoms with Gasteiger partial charge in [-0.1, -0.05) is 12.1 Å². The minimum Gasteiger partial charge on any atom is -0.478 e. The molecule has 0 saturated heterocycles. The summed E-state index contributed by atoms with van der Waals surface area (Å²) in [5.74, 6) is -0.974. The van der Waals surface area contributed by atoms with Crippen LogP contribution in [0.1, 0.15) is 36.7 Å². The Morgan fingerprint density at radius 1 is 1.47 bits per heavy atom. The minimum absolute atomic E-state index is 0.220. The maximum Gasteiger partial charge on any atom is 0.335 e. The Balaban J connectivity index is 2.81. The van der Waals surface area contributed by atoms with Gasteiger partial charge in [-0.15, -0.1) is 0 Å². The van der Waals surface area contributed by atoms with E-state index in [0.717, 1.165) is 5.56 Å². The van der Waals surface area contributed by atoms with E-state index in [1.165, 1.54) is 6.07 Å². The van der Waals surface area contributed by atoms with Gasteiger partial charge in [-0.2, -0.15) is 0 Å². The number of nitrogens with one attached hydrogen (secondary N) is 1. The monoisotopic (exact) mass is 265 g/mol. The molecule has 104 valence electrons. The fourth-order valence-electron chi connectivity index (χ4n) is 1.68. The van der Waals surface area contributed by atoms with Gasteiger partial charge < -0.3 is 15.2 Å². The summed E-state index contributed by atoms with van der Waals surface area (Å²) in [6, 6.07) is 6.58. The molecule has 0 bridgehead atoms. The van der Waals surface area contributed by atoms with E-state index in [1.54, 1.807) is 18.2 Å². The third-order valence-electron chi connectivity index (χ3n) is 2.34. The average Bonchev–Trinajstić information content (AvgIpc) is 2.27. The van der Waals surface area contributed by atoms with Crippen molar-refractivity contribution in [3.8, 4) is 0 Å². The topological polar surface area (TPSA) is 75.6 Å². The van der Waals surface area contributed by atoms with E-state index in [0.29, 0.717) is 12.8 Å². The van der Waals surface area contributed by atoms with Gasteiger partial charge in [0.15, 0.2) is 0 Å². The van der Waals surface area contributed by atoms with Gasteiger partial charge in [0.2, 0.25) is 6.41 Å². The maximum absolute atomic E-state index is 10.9. The van der Waals surface area contributed by atoms with Crippen LogP contribution in [0, 0.1) is 0 Å². The number of aromatic carboxylic acids is 1. The highest BCUT2D eigenvalue weighted by Gasteiger charge is 2.19. The zero-order chi connectivity index (χ0) is 14.5. The van der Waals surface area contributed by atoms with Crippen LogP contribution in [0.4, 0.5) is 0 Å². The molecule has 1 aromatic rings. The first kappa shape index (κ1) is 15.2. The molecule has 0 aliphatic rings. The van der Waals surface area contributed by atoms with E-state index in [-0.39, 0.29) is 5.56 Å². The van der Waals surface area contributed by atoms with Crippen LogP contribution < -0.4 is 5.32 Å². The van der Waals surface area contributed by atoms with Crippen LogP contribution in [0.25, 0.3) is 0 Å². The van der Waals surface area contributed by atoms with E-state index < -0.39 is 17.8 Å². The van der Waals surface area contributed by atoms with Crippen molar-refractivity contribution in [3.05, 3.63) is 35.4 Å². The van der Waals surface area contributed by atoms with E-state index in [1.807, 2.05) is 20.8 Å². The number of benzene rings is 1. The molecular formula is C14H19NO4. The number of hydrogen-bond acceptors (Lipinski definition) is 3. The third kappa shape index (κ3) is 5.52. The lowest BCUT2D eigenvalue weighted by molar-refractivity contribution is -0.119. The second kappa shape index (κ2) is 6.33. The van der Waals surface area contributed by atoms with Crippen molar-refractivity contribution in [1.29, 1.82) is 0 Å². The number of carboxylic acids is 1. The predicted octanol–water partition coefficient (Wildman–Crippen LogP) is 1.81. The number of hydrogen-bond donors (Lipinski definition) is 2. The molecule has 0 saturated carbocycles. The molecular weight excluding hydrogens is 246 g/mol. The molecule has 0 heterocycles. The third-order valence-corrected chi connectivity index (χ3v) is 2.34. The van der Waals surface area contributed by atoms with E-state index in [4.69, 9.17) is 9.84 Å². The summed E-state index contributed by atoms with van der Waals surface area (Å²) >= 11 is 0. The van der Waals surface area contributed by atoms with Crippen LogP contribution in [0.15, 0.2) is 24.3 Å². The standard InChI is InChI=1S/C14H19NO4/c1-14(2,3)19-12(15-9-16)8-10-5-4-6-11(7-10)13(17)18/h4-7,9,12H,8H2,1-3H3,(H,15,16)(H,17,18). The molecule has 0 aliphatic heterocycles. The number of carbonyl (C=O) groups is 2. The summed E-state index contributed by atoms with van der Waals surface area (Å²) in [5.41, 5.74) is 0.618. The summed E-state index contributed by atoms with van der Waals surface area (Å²) in [6.45, 7) is 5.67. The zero-order valence-electron chi connectivity index (χ0n) is 11.3. The Bertz CT molecular complexity index is 451. The maximum atomic E-state index is 10.9. The largest absolute Gasteiger partial charge is 0.478 e. The van der Waals surface area contributed by atoms with Crippen LogP contribution in [-0.4, -0.2) is 29.3 Å². The van der Waals surface area contributed by atoms with Crippen LogP contribution in [-0.2, 0) is 16.0 Å². The Morgan fingerprint density at radius 3 is 2.68 bits per heavy atom. The SMILES string of the molecule is CC(C)(C)OC(Cc1cccc(C(=O)O)c1)NC=O. The number of carboxylic acid groups (broad SMARTS) is 1. The molecule has 0 aliphatic carbocycles. The highest BCUT2D eigenvalue weighted by molar-refractivity contribution is 5.87. The lowest BCUT2D eigenvalue weighted by atomic mass is 10.1. The van der Waals surface area contributed by atoms with Gasteiger partial charge in [-0.25, -0.2) is 4.79 Å². The molecule has 1 rings (SSSR count). The lowest BCUT2D eigenvalue weighted by Gasteiger charge is -2.27. The Hall–Kier alpha value is -1.88. The van der Waals surface area contributed by atoms with Gasteiger partial charge in [0, 0.05) is 6.42 Å². The summed E-state index contributed by atoms with van der Waals surface area (Å²) < 4.78 is 5.69. The van der Waals surface area contributed by atoms with Crippen LogP contribution in [0.5, 0.6) is 0 Å². The Kier molecular flexibility index (Phi) is 5.06. The highest BCUT2D eigenvalue weighted by atomic mass is 16.5. The number of ether oxygens (including phenoxy) is 1. The van der Waals surface area contributed by atoms with Gasteiger partial charge in [0.05, 0.1) is 11.2 Å². The number of rotatable bonds is 6. The van der Waals surface area contributed by atoms with Crippen molar-refractivity contribution in [3.63, 3.8) is 0 Å². The molecule has 1 atom stereocenters. The second-order valence-corrected chi connectivity index (χ2v) is 5.21. The average molecular weight is 265 g/mol. The van der Waals surface area contributed by atoms with Crippen molar-refractivity contribution >= 4 is 12.4 Å². The summed E-state index contributed by atoms with van der Waals surface area (Å²) in [7, 11) is 0. The molecule has 5 heteroatoms. The van der Waals surface area contributed by atoms with Gasteiger partial charge in [-0.3, -0.25) is 4.79 Å². The first-order valence-corrected chi connectivity index (χ1v) is 6.01. The summed E-state index contributed by atoms with van der Waals surface area (Å²) in [4.78, 5) is 21.5. The van der Waals surface area contributed by atoms with Crippen LogP contribution in [0.2, 0.25) is 0 Å². The molecule has 0 spiro atoms. The molecule has 0 radical (unpaired) electrons. The first-order chi connectivity index (χ1) is 8.81. The minimum atomic E-state index is -0.974. The van der Waals surface area contributed by atoms with Crippen LogP contribution in [0.3, 0.4) is 0 Å². The molecule has 0 fully saturated rings. The molecule has 2 N–H and O–H groups in total. The van der Waals surface area contributed by atoms with E-state index in [2.05, 4.69) is 5.32 Å². The molecule has 1 unspecified atom stereocenters. The van der Waals surface area contributed by atoms with Crippen molar-refractivity contribution < 1.29 is 19.4 Å². The number of carbonyl (C=O) groups excluding carboxylic acids is 1. The fraction of sp³-hybridized carbons (Fsp3) is 0.429. The lowest BCUT2D eigenvalue weighted by Crippen LogP contribution is -2.39. The van der Waals surface area contributed by atoms with Crippen molar-refractivity contribution in [2.45, 2.75) is 39.0 Å². The van der Waals surface area contributed by atoms with Crippen molar-refractivity contribution in [1.82, 2.24) is 5.32 Å². The summed E-state index contributed by atoms with van der Waals surface area (Å²) in [5, 5.41) is 11.5. The zero-order valence-corrected chi connectivity index (χ0v) is 11.3. The molecule has 1 aromatic carbocycles. The summed E-state index contributed by atoms with van der Waals surface area (Å²) in [6.07, 6.45) is 0.510. The van der Waals surface area contributed by atoms with Crippen LogP contribution >= 0.6 is 0 Å². The van der Waals surface area contributed by atoms with Crippen molar-refractivity contribution in [2.75, 3.05) is 0 Å². The highest BCUT2D eigenvalue weighted by Crippen LogP contribution is 2.14. The first-order valence-electron chi connectivity index (χ1n) is 6.01. The number of amides is 1. The van der Waals surface area contributed by atoms with E-state index in [9.17, 15) is 9.59 Å². The molecule has 1 amide bonds. The normalized spacial score (nSPS) is 12.8. The second-order valence-electron chi connectivity index (χ2n) is 5.21. The van der Waals surface area contributed by atoms with Gasteiger partial charge in [0.1, 0.15) is 6.23 Å². The predicted molar refractivity (Wildman–Crippen MR) is 70.9 cm³/mol. The van der Waals surface area contributed by atoms with Gasteiger partial charge >= 0.3 is 5.97 Å². The Morgan fingerprint density at radius 2 is 2.16 bits per heavy atom. The van der Waals surface area contributed by atoms with Crippen molar-refractivity contribution in [2.24, 2.45) is 0 Å². The molecule has 5 nitrogen and oxygen atoms in total. The quantitative estimate of drug-likeness (QED) is 0.607. The van der Waals surface area contributed by atoms with Gasteiger partial charge in [-0.05, 0) is 38.5 Å². The van der Waals surface area contributed by atoms with E-state index >= 15 is 0 Å². The molecule has 19 heavy (non-hydrogen) atoms. The smallest absolute Gasteiger partial charge is 0.335 e. The molecule has 0 aromatic heterocycles. The Labute approximate surface area is 112 Å². The fourth-order valence-corrected chi connectivity index (χ4v) is 1.68.